The van der Waals surface area contributed by atoms with Gasteiger partial charge in [-0.25, -0.2) is 0 Å². The Kier molecular flexibility index (Phi) is 4.02. The lowest BCUT2D eigenvalue weighted by Gasteiger charge is -2.40. The Morgan fingerprint density at radius 2 is 2.18 bits per heavy atom. The fraction of sp³-hybridized carbons (Fsp3) is 0.571. The molecule has 0 bridgehead atoms. The largest absolute Gasteiger partial charge is 0.395 e. The molecule has 0 radical (unpaired) electrons. The van der Waals surface area contributed by atoms with Crippen molar-refractivity contribution in [3.8, 4) is 0 Å². The molecule has 1 aromatic rings. The standard InChI is InChI=1S/C14H22N2O/c1-3-12-6-4-5-7-14(12)16-9-13(10-17)15-8-11(16)2/h4-7,11,13,15,17H,3,8-10H2,1-2H3. The van der Waals surface area contributed by atoms with Crippen molar-refractivity contribution in [2.45, 2.75) is 32.4 Å². The summed E-state index contributed by atoms with van der Waals surface area (Å²) in [6, 6.07) is 9.24. The number of piperazine rings is 1. The molecule has 17 heavy (non-hydrogen) atoms. The molecule has 0 saturated carbocycles. The Balaban J connectivity index is 2.24. The zero-order valence-corrected chi connectivity index (χ0v) is 10.7. The van der Waals surface area contributed by atoms with Crippen LogP contribution in [0, 0.1) is 0 Å². The van der Waals surface area contributed by atoms with Crippen LogP contribution in [0.1, 0.15) is 19.4 Å². The molecule has 2 rings (SSSR count). The van der Waals surface area contributed by atoms with Crippen molar-refractivity contribution in [2.24, 2.45) is 0 Å². The number of nitrogens with zero attached hydrogens (tertiary/aromatic N) is 1. The highest BCUT2D eigenvalue weighted by molar-refractivity contribution is 5.55. The number of benzene rings is 1. The van der Waals surface area contributed by atoms with Crippen LogP contribution in [0.5, 0.6) is 0 Å². The van der Waals surface area contributed by atoms with Crippen LogP contribution >= 0.6 is 0 Å². The smallest absolute Gasteiger partial charge is 0.0601 e. The van der Waals surface area contributed by atoms with Crippen LogP contribution in [0.4, 0.5) is 5.69 Å². The molecule has 1 aliphatic heterocycles. The summed E-state index contributed by atoms with van der Waals surface area (Å²) in [5, 5.41) is 12.6. The Hall–Kier alpha value is -1.06. The fourth-order valence-electron chi connectivity index (χ4n) is 2.48. The van der Waals surface area contributed by atoms with E-state index in [1.165, 1.54) is 11.3 Å². The predicted octanol–water partition coefficient (Wildman–Crippen LogP) is 1.41. The minimum absolute atomic E-state index is 0.191. The molecule has 0 spiro atoms. The molecule has 3 heteroatoms. The van der Waals surface area contributed by atoms with Crippen LogP contribution in [-0.4, -0.2) is 36.9 Å². The summed E-state index contributed by atoms with van der Waals surface area (Å²) < 4.78 is 0. The highest BCUT2D eigenvalue weighted by Crippen LogP contribution is 2.24. The lowest BCUT2D eigenvalue weighted by atomic mass is 10.0. The zero-order chi connectivity index (χ0) is 12.3. The van der Waals surface area contributed by atoms with Crippen LogP contribution in [0.25, 0.3) is 0 Å². The van der Waals surface area contributed by atoms with Gasteiger partial charge in [-0.2, -0.15) is 0 Å². The Labute approximate surface area is 103 Å². The maximum atomic E-state index is 9.28. The van der Waals surface area contributed by atoms with Gasteiger partial charge in [-0.15, -0.1) is 0 Å². The number of aliphatic hydroxyl groups excluding tert-OH is 1. The summed E-state index contributed by atoms with van der Waals surface area (Å²) in [5.41, 5.74) is 2.71. The summed E-state index contributed by atoms with van der Waals surface area (Å²) in [4.78, 5) is 2.41. The zero-order valence-electron chi connectivity index (χ0n) is 10.7. The molecule has 1 saturated heterocycles. The molecule has 94 valence electrons. The number of anilines is 1. The molecule has 3 nitrogen and oxygen atoms in total. The third-order valence-electron chi connectivity index (χ3n) is 3.55. The Morgan fingerprint density at radius 1 is 1.41 bits per heavy atom. The van der Waals surface area contributed by atoms with Crippen molar-refractivity contribution in [3.63, 3.8) is 0 Å². The van der Waals surface area contributed by atoms with Crippen LogP contribution in [0.15, 0.2) is 24.3 Å². The lowest BCUT2D eigenvalue weighted by Crippen LogP contribution is -2.57. The van der Waals surface area contributed by atoms with E-state index >= 15 is 0 Å². The lowest BCUT2D eigenvalue weighted by molar-refractivity contribution is 0.227. The summed E-state index contributed by atoms with van der Waals surface area (Å²) in [5.74, 6) is 0. The van der Waals surface area contributed by atoms with Crippen molar-refractivity contribution >= 4 is 5.69 Å². The van der Waals surface area contributed by atoms with E-state index in [1.54, 1.807) is 0 Å². The number of hydrogen-bond donors (Lipinski definition) is 2. The van der Waals surface area contributed by atoms with Crippen molar-refractivity contribution in [3.05, 3.63) is 29.8 Å². The van der Waals surface area contributed by atoms with Gasteiger partial charge in [0.2, 0.25) is 0 Å². The van der Waals surface area contributed by atoms with Crippen LogP contribution in [0.2, 0.25) is 0 Å². The molecule has 2 unspecified atom stereocenters. The first-order valence-electron chi connectivity index (χ1n) is 6.45. The van der Waals surface area contributed by atoms with Gasteiger partial charge in [-0.3, -0.25) is 0 Å². The number of hydrogen-bond acceptors (Lipinski definition) is 3. The second-order valence-electron chi connectivity index (χ2n) is 4.77. The summed E-state index contributed by atoms with van der Waals surface area (Å²) in [6.07, 6.45) is 1.05. The van der Waals surface area contributed by atoms with Crippen LogP contribution < -0.4 is 10.2 Å². The first-order valence-corrected chi connectivity index (χ1v) is 6.45. The van der Waals surface area contributed by atoms with Crippen molar-refractivity contribution in [1.82, 2.24) is 5.32 Å². The van der Waals surface area contributed by atoms with Gasteiger partial charge < -0.3 is 15.3 Å². The molecule has 2 N–H and O–H groups in total. The van der Waals surface area contributed by atoms with E-state index in [0.717, 1.165) is 19.5 Å². The molecular formula is C14H22N2O. The molecule has 1 heterocycles. The number of aliphatic hydroxyl groups is 1. The summed E-state index contributed by atoms with van der Waals surface area (Å²) in [7, 11) is 0. The van der Waals surface area contributed by atoms with Crippen molar-refractivity contribution in [2.75, 3.05) is 24.6 Å². The maximum Gasteiger partial charge on any atom is 0.0601 e. The van der Waals surface area contributed by atoms with Crippen LogP contribution in [0.3, 0.4) is 0 Å². The minimum Gasteiger partial charge on any atom is -0.395 e. The average molecular weight is 234 g/mol. The number of rotatable bonds is 3. The SMILES string of the molecule is CCc1ccccc1N1CC(CO)NCC1C. The third-order valence-corrected chi connectivity index (χ3v) is 3.55. The minimum atomic E-state index is 0.191. The van der Waals surface area contributed by atoms with E-state index in [-0.39, 0.29) is 12.6 Å². The summed E-state index contributed by atoms with van der Waals surface area (Å²) >= 11 is 0. The van der Waals surface area contributed by atoms with Crippen LogP contribution in [-0.2, 0) is 6.42 Å². The van der Waals surface area contributed by atoms with Gasteiger partial charge in [0.25, 0.3) is 0 Å². The first-order chi connectivity index (χ1) is 8.26. The van der Waals surface area contributed by atoms with E-state index < -0.39 is 0 Å². The highest BCUT2D eigenvalue weighted by Gasteiger charge is 2.25. The molecule has 0 amide bonds. The second-order valence-corrected chi connectivity index (χ2v) is 4.77. The van der Waals surface area contributed by atoms with E-state index in [0.29, 0.717) is 6.04 Å². The van der Waals surface area contributed by atoms with Gasteiger partial charge in [-0.1, -0.05) is 25.1 Å². The third kappa shape index (κ3) is 2.61. The number of nitrogens with one attached hydrogen (secondary N) is 1. The van der Waals surface area contributed by atoms with E-state index in [9.17, 15) is 5.11 Å². The predicted molar refractivity (Wildman–Crippen MR) is 71.5 cm³/mol. The normalized spacial score (nSPS) is 25.0. The second kappa shape index (κ2) is 5.52. The van der Waals surface area contributed by atoms with E-state index in [1.807, 2.05) is 0 Å². The Bertz CT molecular complexity index is 367. The molecule has 1 fully saturated rings. The fourth-order valence-corrected chi connectivity index (χ4v) is 2.48. The molecule has 1 aliphatic rings. The van der Waals surface area contributed by atoms with Gasteiger partial charge in [0.15, 0.2) is 0 Å². The molecule has 1 aromatic carbocycles. The van der Waals surface area contributed by atoms with Gasteiger partial charge in [0.1, 0.15) is 0 Å². The van der Waals surface area contributed by atoms with Gasteiger partial charge in [-0.05, 0) is 25.0 Å². The number of para-hydroxylation sites is 1. The van der Waals surface area contributed by atoms with Gasteiger partial charge in [0, 0.05) is 30.9 Å². The Morgan fingerprint density at radius 3 is 2.88 bits per heavy atom. The average Bonchev–Trinajstić information content (AvgIpc) is 2.39. The van der Waals surface area contributed by atoms with Gasteiger partial charge in [0.05, 0.1) is 6.61 Å². The quantitative estimate of drug-likeness (QED) is 0.830. The van der Waals surface area contributed by atoms with E-state index in [4.69, 9.17) is 0 Å². The maximum absolute atomic E-state index is 9.28. The molecule has 2 atom stereocenters. The molecule has 0 aromatic heterocycles. The highest BCUT2D eigenvalue weighted by atomic mass is 16.3. The monoisotopic (exact) mass is 234 g/mol. The van der Waals surface area contributed by atoms with Crippen molar-refractivity contribution < 1.29 is 5.11 Å². The number of aryl methyl sites for hydroxylation is 1. The summed E-state index contributed by atoms with van der Waals surface area (Å²) in [6.45, 7) is 6.44. The topological polar surface area (TPSA) is 35.5 Å². The van der Waals surface area contributed by atoms with E-state index in [2.05, 4.69) is 48.3 Å². The van der Waals surface area contributed by atoms with Crippen molar-refractivity contribution in [1.29, 1.82) is 0 Å². The molecular weight excluding hydrogens is 212 g/mol. The first kappa shape index (κ1) is 12.4. The van der Waals surface area contributed by atoms with Gasteiger partial charge >= 0.3 is 0 Å². The molecule has 0 aliphatic carbocycles.